The fourth-order valence-corrected chi connectivity index (χ4v) is 3.75. The Hall–Kier alpha value is -2.85. The smallest absolute Gasteiger partial charge is 0.256 e. The van der Waals surface area contributed by atoms with Crippen molar-refractivity contribution in [3.8, 4) is 6.07 Å². The van der Waals surface area contributed by atoms with Gasteiger partial charge in [-0.1, -0.05) is 11.8 Å². The number of aromatic amines is 2. The Morgan fingerprint density at radius 1 is 1.32 bits per heavy atom. The zero-order chi connectivity index (χ0) is 17.6. The van der Waals surface area contributed by atoms with Crippen molar-refractivity contribution in [1.29, 1.82) is 5.26 Å². The molecule has 2 N–H and O–H groups in total. The Kier molecular flexibility index (Phi) is 3.70. The third-order valence-corrected chi connectivity index (χ3v) is 5.24. The van der Waals surface area contributed by atoms with Crippen molar-refractivity contribution in [2.24, 2.45) is 5.92 Å². The Labute approximate surface area is 145 Å². The molecule has 0 aliphatic carbocycles. The van der Waals surface area contributed by atoms with Crippen LogP contribution in [0.4, 0.5) is 4.39 Å². The average molecular weight is 352 g/mol. The number of thioether (sulfide) groups is 1. The standard InChI is InChI=1S/C18H13FN4OS/c1-9(7-20)8-25-18-22-15-11-3-2-10(19)6-13(11)14-12(16(15)23-18)4-5-21-17(14)24/h2-6,9H,8H2,1H3,(H,21,24)(H,22,23). The molecule has 7 heteroatoms. The summed E-state index contributed by atoms with van der Waals surface area (Å²) in [4.78, 5) is 22.9. The second-order valence-electron chi connectivity index (χ2n) is 5.89. The van der Waals surface area contributed by atoms with E-state index in [9.17, 15) is 9.18 Å². The van der Waals surface area contributed by atoms with Crippen LogP contribution in [0.1, 0.15) is 6.92 Å². The van der Waals surface area contributed by atoms with E-state index in [0.717, 1.165) is 10.9 Å². The number of halogens is 1. The van der Waals surface area contributed by atoms with Gasteiger partial charge in [-0.05, 0) is 31.2 Å². The number of aromatic nitrogens is 3. The Morgan fingerprint density at radius 3 is 2.96 bits per heavy atom. The molecule has 2 heterocycles. The average Bonchev–Trinajstić information content (AvgIpc) is 3.04. The van der Waals surface area contributed by atoms with Crippen LogP contribution < -0.4 is 5.56 Å². The molecule has 0 saturated carbocycles. The molecule has 0 aliphatic rings. The number of rotatable bonds is 3. The summed E-state index contributed by atoms with van der Waals surface area (Å²) >= 11 is 1.45. The van der Waals surface area contributed by atoms with Gasteiger partial charge in [-0.2, -0.15) is 5.26 Å². The number of nitriles is 1. The van der Waals surface area contributed by atoms with Gasteiger partial charge in [0.2, 0.25) is 0 Å². The van der Waals surface area contributed by atoms with Crippen molar-refractivity contribution in [1.82, 2.24) is 15.0 Å². The summed E-state index contributed by atoms with van der Waals surface area (Å²) < 4.78 is 13.8. The Balaban J connectivity index is 2.05. The fraction of sp³-hybridized carbons (Fsp3) is 0.167. The summed E-state index contributed by atoms with van der Waals surface area (Å²) in [6, 6.07) is 8.37. The molecular formula is C18H13FN4OS. The molecule has 124 valence electrons. The molecule has 2 aromatic heterocycles. The number of H-pyrrole nitrogens is 2. The van der Waals surface area contributed by atoms with Crippen LogP contribution in [0.5, 0.6) is 0 Å². The number of fused-ring (bicyclic) bond motifs is 6. The van der Waals surface area contributed by atoms with Crippen molar-refractivity contribution < 1.29 is 4.39 Å². The maximum Gasteiger partial charge on any atom is 0.256 e. The number of hydrogen-bond acceptors (Lipinski definition) is 4. The maximum atomic E-state index is 13.8. The van der Waals surface area contributed by atoms with Gasteiger partial charge < -0.3 is 9.97 Å². The first-order valence-corrected chi connectivity index (χ1v) is 8.72. The van der Waals surface area contributed by atoms with E-state index in [1.807, 2.05) is 6.92 Å². The van der Waals surface area contributed by atoms with E-state index >= 15 is 0 Å². The number of imidazole rings is 1. The highest BCUT2D eigenvalue weighted by molar-refractivity contribution is 7.99. The van der Waals surface area contributed by atoms with Crippen molar-refractivity contribution >= 4 is 44.3 Å². The van der Waals surface area contributed by atoms with Gasteiger partial charge >= 0.3 is 0 Å². The summed E-state index contributed by atoms with van der Waals surface area (Å²) in [5.41, 5.74) is 1.16. The van der Waals surface area contributed by atoms with E-state index in [-0.39, 0.29) is 11.5 Å². The van der Waals surface area contributed by atoms with Crippen molar-refractivity contribution in [3.63, 3.8) is 0 Å². The minimum atomic E-state index is -0.395. The quantitative estimate of drug-likeness (QED) is 0.432. The van der Waals surface area contributed by atoms with Crippen LogP contribution >= 0.6 is 11.8 Å². The van der Waals surface area contributed by atoms with Gasteiger partial charge in [0.05, 0.1) is 28.4 Å². The molecule has 2 aromatic carbocycles. The first-order chi connectivity index (χ1) is 12.1. The van der Waals surface area contributed by atoms with Crippen LogP contribution in [0.3, 0.4) is 0 Å². The molecule has 0 aliphatic heterocycles. The molecule has 1 unspecified atom stereocenters. The number of benzene rings is 2. The normalized spacial score (nSPS) is 12.7. The SMILES string of the molecule is CC(C#N)CSc1nc2c3cc[nH]c(=O)c3c3cc(F)ccc3c2[nH]1. The highest BCUT2D eigenvalue weighted by Crippen LogP contribution is 2.34. The molecule has 25 heavy (non-hydrogen) atoms. The van der Waals surface area contributed by atoms with Gasteiger partial charge in [0.25, 0.3) is 5.56 Å². The summed E-state index contributed by atoms with van der Waals surface area (Å²) in [7, 11) is 0. The lowest BCUT2D eigenvalue weighted by Crippen LogP contribution is -2.05. The van der Waals surface area contributed by atoms with Crippen LogP contribution in [0, 0.1) is 23.1 Å². The molecule has 0 bridgehead atoms. The van der Waals surface area contributed by atoms with Gasteiger partial charge in [-0.15, -0.1) is 0 Å². The summed E-state index contributed by atoms with van der Waals surface area (Å²) in [6.45, 7) is 1.85. The first kappa shape index (κ1) is 15.7. The van der Waals surface area contributed by atoms with Crippen LogP contribution in [-0.4, -0.2) is 20.7 Å². The maximum absolute atomic E-state index is 13.8. The first-order valence-electron chi connectivity index (χ1n) is 7.73. The number of nitrogens with one attached hydrogen (secondary N) is 2. The van der Waals surface area contributed by atoms with Crippen molar-refractivity contribution in [2.75, 3.05) is 5.75 Å². The minimum absolute atomic E-state index is 0.0939. The lowest BCUT2D eigenvalue weighted by molar-refractivity contribution is 0.630. The highest BCUT2D eigenvalue weighted by atomic mass is 32.2. The zero-order valence-corrected chi connectivity index (χ0v) is 14.1. The number of nitrogens with zero attached hydrogens (tertiary/aromatic N) is 2. The van der Waals surface area contributed by atoms with E-state index in [0.29, 0.717) is 32.6 Å². The zero-order valence-electron chi connectivity index (χ0n) is 13.3. The minimum Gasteiger partial charge on any atom is -0.332 e. The predicted molar refractivity (Wildman–Crippen MR) is 97.2 cm³/mol. The van der Waals surface area contributed by atoms with Crippen LogP contribution in [0.25, 0.3) is 32.6 Å². The Bertz CT molecular complexity index is 1220. The van der Waals surface area contributed by atoms with Crippen LogP contribution in [-0.2, 0) is 0 Å². The largest absolute Gasteiger partial charge is 0.332 e. The van der Waals surface area contributed by atoms with E-state index in [4.69, 9.17) is 5.26 Å². The van der Waals surface area contributed by atoms with E-state index in [2.05, 4.69) is 21.0 Å². The summed E-state index contributed by atoms with van der Waals surface area (Å²) in [5, 5.41) is 12.0. The molecule has 0 spiro atoms. The van der Waals surface area contributed by atoms with Crippen molar-refractivity contribution in [2.45, 2.75) is 12.1 Å². The van der Waals surface area contributed by atoms with Gasteiger partial charge in [-0.3, -0.25) is 4.79 Å². The molecule has 5 nitrogen and oxygen atoms in total. The molecule has 4 rings (SSSR count). The summed E-state index contributed by atoms with van der Waals surface area (Å²) in [6.07, 6.45) is 1.56. The van der Waals surface area contributed by atoms with Gasteiger partial charge in [-0.25, -0.2) is 9.37 Å². The van der Waals surface area contributed by atoms with E-state index in [1.165, 1.54) is 23.9 Å². The molecule has 0 amide bonds. The van der Waals surface area contributed by atoms with Crippen LogP contribution in [0.15, 0.2) is 40.4 Å². The molecule has 0 radical (unpaired) electrons. The van der Waals surface area contributed by atoms with Gasteiger partial charge in [0.1, 0.15) is 5.82 Å². The van der Waals surface area contributed by atoms with E-state index in [1.54, 1.807) is 18.3 Å². The number of pyridine rings is 1. The molecule has 1 atom stereocenters. The second-order valence-corrected chi connectivity index (χ2v) is 6.90. The van der Waals surface area contributed by atoms with Crippen molar-refractivity contribution in [3.05, 3.63) is 46.6 Å². The summed E-state index contributed by atoms with van der Waals surface area (Å²) in [5.74, 6) is 0.124. The third-order valence-electron chi connectivity index (χ3n) is 4.11. The van der Waals surface area contributed by atoms with Gasteiger partial charge in [0, 0.05) is 28.1 Å². The molecule has 4 aromatic rings. The highest BCUT2D eigenvalue weighted by Gasteiger charge is 2.16. The monoisotopic (exact) mass is 352 g/mol. The number of hydrogen-bond donors (Lipinski definition) is 2. The molecular weight excluding hydrogens is 339 g/mol. The third kappa shape index (κ3) is 2.55. The molecule has 0 fully saturated rings. The van der Waals surface area contributed by atoms with Crippen LogP contribution in [0.2, 0.25) is 0 Å². The predicted octanol–water partition coefficient (Wildman–Crippen LogP) is 3.95. The lowest BCUT2D eigenvalue weighted by Gasteiger charge is -2.05. The second kappa shape index (κ2) is 5.90. The van der Waals surface area contributed by atoms with Gasteiger partial charge in [0.15, 0.2) is 5.16 Å². The Morgan fingerprint density at radius 2 is 2.16 bits per heavy atom. The lowest BCUT2D eigenvalue weighted by atomic mass is 10.0. The van der Waals surface area contributed by atoms with E-state index < -0.39 is 5.82 Å². The molecule has 0 saturated heterocycles. The topological polar surface area (TPSA) is 85.3 Å². The fourth-order valence-electron chi connectivity index (χ4n) is 2.94.